The summed E-state index contributed by atoms with van der Waals surface area (Å²) in [5.74, 6) is -0.669. The van der Waals surface area contributed by atoms with Crippen molar-refractivity contribution in [2.75, 3.05) is 4.90 Å². The van der Waals surface area contributed by atoms with Gasteiger partial charge >= 0.3 is 0 Å². The van der Waals surface area contributed by atoms with Crippen molar-refractivity contribution in [2.45, 2.75) is 26.1 Å². The maximum absolute atomic E-state index is 13.6. The fourth-order valence-corrected chi connectivity index (χ4v) is 2.86. The minimum Gasteiger partial charge on any atom is -0.364 e. The molecule has 0 aliphatic heterocycles. The largest absolute Gasteiger partial charge is 0.364 e. The van der Waals surface area contributed by atoms with E-state index in [1.54, 1.807) is 19.2 Å². The van der Waals surface area contributed by atoms with Crippen LogP contribution in [0, 0.1) is 5.82 Å². The van der Waals surface area contributed by atoms with Crippen LogP contribution in [0.25, 0.3) is 0 Å². The summed E-state index contributed by atoms with van der Waals surface area (Å²) in [5, 5.41) is 6.49. The molecule has 0 saturated carbocycles. The minimum absolute atomic E-state index is 0.0163. The third-order valence-corrected chi connectivity index (χ3v) is 4.52. The first-order valence-corrected chi connectivity index (χ1v) is 8.84. The number of nitrogens with one attached hydrogen (secondary N) is 1. The summed E-state index contributed by atoms with van der Waals surface area (Å²) in [4.78, 5) is 14.6. The van der Waals surface area contributed by atoms with Crippen LogP contribution in [-0.4, -0.2) is 17.1 Å². The monoisotopic (exact) mass is 387 g/mol. The molecule has 3 rings (SSSR count). The van der Waals surface area contributed by atoms with Crippen LogP contribution in [-0.2, 0) is 17.9 Å². The highest BCUT2D eigenvalue weighted by Crippen LogP contribution is 2.26. The Kier molecular flexibility index (Phi) is 6.08. The zero-order valence-electron chi connectivity index (χ0n) is 14.7. The molecule has 5 nitrogen and oxygen atoms in total. The summed E-state index contributed by atoms with van der Waals surface area (Å²) in [6.07, 6.45) is 3.03. The highest BCUT2D eigenvalue weighted by Gasteiger charge is 2.23. The molecule has 27 heavy (non-hydrogen) atoms. The van der Waals surface area contributed by atoms with Crippen molar-refractivity contribution in [2.24, 2.45) is 0 Å². The van der Waals surface area contributed by atoms with Gasteiger partial charge in [0.15, 0.2) is 0 Å². The predicted molar refractivity (Wildman–Crippen MR) is 102 cm³/mol. The van der Waals surface area contributed by atoms with Gasteiger partial charge in [-0.3, -0.25) is 4.79 Å². The van der Waals surface area contributed by atoms with Crippen LogP contribution >= 0.6 is 11.6 Å². The molecule has 3 aromatic rings. The average molecular weight is 388 g/mol. The van der Waals surface area contributed by atoms with E-state index in [0.717, 1.165) is 11.1 Å². The van der Waals surface area contributed by atoms with Gasteiger partial charge in [0.2, 0.25) is 5.91 Å². The molecule has 1 heterocycles. The van der Waals surface area contributed by atoms with Crippen molar-refractivity contribution in [3.8, 4) is 0 Å². The summed E-state index contributed by atoms with van der Waals surface area (Å²) in [7, 11) is 0. The van der Waals surface area contributed by atoms with Crippen molar-refractivity contribution >= 4 is 23.2 Å². The lowest BCUT2D eigenvalue weighted by Crippen LogP contribution is -2.44. The molecule has 0 saturated heterocycles. The molecule has 0 fully saturated rings. The second-order valence-corrected chi connectivity index (χ2v) is 6.55. The molecule has 1 amide bonds. The second-order valence-electron chi connectivity index (χ2n) is 6.14. The fourth-order valence-electron chi connectivity index (χ4n) is 2.69. The maximum atomic E-state index is 13.6. The first kappa shape index (κ1) is 18.9. The summed E-state index contributed by atoms with van der Waals surface area (Å²) in [6, 6.07) is 13.7. The smallest absolute Gasteiger partial charge is 0.242 e. The third-order valence-electron chi connectivity index (χ3n) is 4.23. The van der Waals surface area contributed by atoms with Gasteiger partial charge in [0.05, 0.1) is 11.2 Å². The molecule has 2 aromatic carbocycles. The van der Waals surface area contributed by atoms with Gasteiger partial charge in [-0.1, -0.05) is 47.1 Å². The Balaban J connectivity index is 1.81. The average Bonchev–Trinajstić information content (AvgIpc) is 3.20. The molecule has 0 aliphatic carbocycles. The Labute approximate surface area is 161 Å². The van der Waals surface area contributed by atoms with Gasteiger partial charge in [-0.2, -0.15) is 0 Å². The molecule has 1 atom stereocenters. The molecule has 1 N–H and O–H groups in total. The number of hydrogen-bond acceptors (Lipinski definition) is 4. The van der Waals surface area contributed by atoms with Crippen molar-refractivity contribution in [1.82, 2.24) is 10.5 Å². The second kappa shape index (κ2) is 8.68. The number of hydrogen-bond donors (Lipinski definition) is 1. The van der Waals surface area contributed by atoms with E-state index in [1.165, 1.54) is 18.4 Å². The lowest BCUT2D eigenvalue weighted by molar-refractivity contribution is -0.122. The number of benzene rings is 2. The molecule has 0 bridgehead atoms. The van der Waals surface area contributed by atoms with E-state index in [-0.39, 0.29) is 10.9 Å². The van der Waals surface area contributed by atoms with Crippen LogP contribution in [0.15, 0.2) is 65.5 Å². The van der Waals surface area contributed by atoms with Crippen LogP contribution in [0.1, 0.15) is 18.1 Å². The topological polar surface area (TPSA) is 58.4 Å². The lowest BCUT2D eigenvalue weighted by Gasteiger charge is -2.31. The number of halogens is 2. The number of aromatic nitrogens is 1. The molecule has 0 aliphatic rings. The van der Waals surface area contributed by atoms with E-state index >= 15 is 0 Å². The van der Waals surface area contributed by atoms with E-state index in [1.807, 2.05) is 35.2 Å². The van der Waals surface area contributed by atoms with E-state index in [2.05, 4.69) is 10.5 Å². The van der Waals surface area contributed by atoms with Crippen molar-refractivity contribution in [3.05, 3.63) is 83.0 Å². The van der Waals surface area contributed by atoms with Gasteiger partial charge < -0.3 is 14.7 Å². The SMILES string of the molecule is CC(C(=O)NCc1cnoc1)N(Cc1ccccc1)c1ccc(F)c(Cl)c1. The number of carbonyl (C=O) groups is 1. The van der Waals surface area contributed by atoms with Crippen molar-refractivity contribution in [1.29, 1.82) is 0 Å². The normalized spacial score (nSPS) is 11.8. The summed E-state index contributed by atoms with van der Waals surface area (Å²) in [6.45, 7) is 2.59. The van der Waals surface area contributed by atoms with E-state index in [0.29, 0.717) is 18.8 Å². The Bertz CT molecular complexity index is 888. The van der Waals surface area contributed by atoms with Gasteiger partial charge in [-0.05, 0) is 30.7 Å². The third kappa shape index (κ3) is 4.86. The summed E-state index contributed by atoms with van der Waals surface area (Å²) in [5.41, 5.74) is 2.46. The highest BCUT2D eigenvalue weighted by molar-refractivity contribution is 6.31. The van der Waals surface area contributed by atoms with Crippen molar-refractivity contribution < 1.29 is 13.7 Å². The van der Waals surface area contributed by atoms with Crippen LogP contribution in [0.3, 0.4) is 0 Å². The number of carbonyl (C=O) groups excluding carboxylic acids is 1. The van der Waals surface area contributed by atoms with Gasteiger partial charge in [0.1, 0.15) is 18.1 Å². The fraction of sp³-hybridized carbons (Fsp3) is 0.200. The first-order chi connectivity index (χ1) is 13.0. The van der Waals surface area contributed by atoms with Crippen LogP contribution in [0.2, 0.25) is 5.02 Å². The molecule has 0 radical (unpaired) electrons. The Morgan fingerprint density at radius 2 is 2.04 bits per heavy atom. The predicted octanol–water partition coefficient (Wildman–Crippen LogP) is 4.18. The van der Waals surface area contributed by atoms with Crippen LogP contribution in [0.4, 0.5) is 10.1 Å². The summed E-state index contributed by atoms with van der Waals surface area (Å²) < 4.78 is 18.3. The number of rotatable bonds is 7. The lowest BCUT2D eigenvalue weighted by atomic mass is 10.1. The Hall–Kier alpha value is -2.86. The number of anilines is 1. The molecule has 7 heteroatoms. The van der Waals surface area contributed by atoms with E-state index in [9.17, 15) is 9.18 Å². The van der Waals surface area contributed by atoms with Gasteiger partial charge in [-0.25, -0.2) is 4.39 Å². The highest BCUT2D eigenvalue weighted by atomic mass is 35.5. The maximum Gasteiger partial charge on any atom is 0.242 e. The van der Waals surface area contributed by atoms with Crippen molar-refractivity contribution in [3.63, 3.8) is 0 Å². The standard InChI is InChI=1S/C20H19ClFN3O2/c1-14(20(26)23-10-16-11-24-27-13-16)25(12-15-5-3-2-4-6-15)17-7-8-19(22)18(21)9-17/h2-9,11,13-14H,10,12H2,1H3,(H,23,26). The van der Waals surface area contributed by atoms with Gasteiger partial charge in [0, 0.05) is 24.3 Å². The van der Waals surface area contributed by atoms with Crippen LogP contribution < -0.4 is 10.2 Å². The summed E-state index contributed by atoms with van der Waals surface area (Å²) >= 11 is 5.95. The number of amides is 1. The number of nitrogens with zero attached hydrogens (tertiary/aromatic N) is 2. The minimum atomic E-state index is -0.508. The Morgan fingerprint density at radius 1 is 1.26 bits per heavy atom. The molecule has 1 aromatic heterocycles. The Morgan fingerprint density at radius 3 is 2.70 bits per heavy atom. The quantitative estimate of drug-likeness (QED) is 0.660. The first-order valence-electron chi connectivity index (χ1n) is 8.46. The van der Waals surface area contributed by atoms with E-state index < -0.39 is 11.9 Å². The van der Waals surface area contributed by atoms with E-state index in [4.69, 9.17) is 16.1 Å². The molecule has 0 spiro atoms. The molecular weight excluding hydrogens is 369 g/mol. The van der Waals surface area contributed by atoms with Crippen LogP contribution in [0.5, 0.6) is 0 Å². The van der Waals surface area contributed by atoms with Gasteiger partial charge in [-0.15, -0.1) is 0 Å². The molecule has 140 valence electrons. The zero-order valence-corrected chi connectivity index (χ0v) is 15.5. The zero-order chi connectivity index (χ0) is 19.2. The molecule has 1 unspecified atom stereocenters. The molecular formula is C20H19ClFN3O2. The van der Waals surface area contributed by atoms with Gasteiger partial charge in [0.25, 0.3) is 0 Å².